The molecule has 2 N–H and O–H groups in total. The van der Waals surface area contributed by atoms with E-state index >= 15 is 0 Å². The number of amides is 1. The Morgan fingerprint density at radius 3 is 2.72 bits per heavy atom. The Kier molecular flexibility index (Phi) is 5.74. The molecule has 1 heterocycles. The standard InChI is InChI=1S/C17H22N4O4/c1-17(2,3)12-5-4-6-13(9-12)25-8-7-18-15(22)11-21-10-14(16(23)24)19-20-21/h4-6,9-10H,7-8,11H2,1-3H3,(H,18,22)(H,23,24). The van der Waals surface area contributed by atoms with Crippen LogP contribution in [0.2, 0.25) is 0 Å². The van der Waals surface area contributed by atoms with Gasteiger partial charge in [-0.05, 0) is 23.1 Å². The average Bonchev–Trinajstić information content (AvgIpc) is 3.00. The molecule has 1 aromatic heterocycles. The van der Waals surface area contributed by atoms with Gasteiger partial charge in [-0.3, -0.25) is 4.79 Å². The summed E-state index contributed by atoms with van der Waals surface area (Å²) >= 11 is 0. The van der Waals surface area contributed by atoms with Gasteiger partial charge in [-0.25, -0.2) is 9.48 Å². The second-order valence-electron chi connectivity index (χ2n) is 6.58. The molecule has 0 saturated carbocycles. The maximum absolute atomic E-state index is 11.8. The third-order valence-electron chi connectivity index (χ3n) is 3.46. The lowest BCUT2D eigenvalue weighted by molar-refractivity contribution is -0.122. The number of carboxylic acid groups (broad SMARTS) is 1. The van der Waals surface area contributed by atoms with Crippen LogP contribution in [0.25, 0.3) is 0 Å². The SMILES string of the molecule is CC(C)(C)c1cccc(OCCNC(=O)Cn2cc(C(=O)O)nn2)c1. The Morgan fingerprint density at radius 1 is 1.32 bits per heavy atom. The summed E-state index contributed by atoms with van der Waals surface area (Å²) in [7, 11) is 0. The lowest BCUT2D eigenvalue weighted by atomic mass is 9.87. The van der Waals surface area contributed by atoms with E-state index in [0.29, 0.717) is 13.2 Å². The predicted octanol–water partition coefficient (Wildman–Crippen LogP) is 1.47. The molecule has 134 valence electrons. The maximum Gasteiger partial charge on any atom is 0.358 e. The van der Waals surface area contributed by atoms with Gasteiger partial charge in [-0.15, -0.1) is 5.10 Å². The van der Waals surface area contributed by atoms with E-state index in [0.717, 1.165) is 5.75 Å². The summed E-state index contributed by atoms with van der Waals surface area (Å²) in [6.45, 7) is 6.96. The Hall–Kier alpha value is -2.90. The molecular formula is C17H22N4O4. The maximum atomic E-state index is 11.8. The van der Waals surface area contributed by atoms with Crippen LogP contribution in [0, 0.1) is 0 Å². The highest BCUT2D eigenvalue weighted by Gasteiger charge is 2.14. The van der Waals surface area contributed by atoms with Gasteiger partial charge in [-0.2, -0.15) is 0 Å². The van der Waals surface area contributed by atoms with E-state index in [1.807, 2.05) is 18.2 Å². The first-order chi connectivity index (χ1) is 11.8. The smallest absolute Gasteiger partial charge is 0.358 e. The van der Waals surface area contributed by atoms with Gasteiger partial charge in [-0.1, -0.05) is 38.1 Å². The minimum absolute atomic E-state index is 0.0419. The second kappa shape index (κ2) is 7.78. The van der Waals surface area contributed by atoms with E-state index in [9.17, 15) is 9.59 Å². The van der Waals surface area contributed by atoms with Crippen LogP contribution < -0.4 is 10.1 Å². The zero-order chi connectivity index (χ0) is 18.4. The minimum Gasteiger partial charge on any atom is -0.492 e. The first kappa shape index (κ1) is 18.4. The van der Waals surface area contributed by atoms with E-state index in [2.05, 4.69) is 42.5 Å². The summed E-state index contributed by atoms with van der Waals surface area (Å²) in [5.41, 5.74) is 1.02. The van der Waals surface area contributed by atoms with Gasteiger partial charge in [0.25, 0.3) is 0 Å². The summed E-state index contributed by atoms with van der Waals surface area (Å²) in [6.07, 6.45) is 1.20. The number of hydrogen-bond donors (Lipinski definition) is 2. The molecule has 0 atom stereocenters. The van der Waals surface area contributed by atoms with Gasteiger partial charge < -0.3 is 15.2 Å². The van der Waals surface area contributed by atoms with Crippen LogP contribution >= 0.6 is 0 Å². The van der Waals surface area contributed by atoms with E-state index < -0.39 is 5.97 Å². The van der Waals surface area contributed by atoms with Crippen LogP contribution in [0.15, 0.2) is 30.5 Å². The van der Waals surface area contributed by atoms with Crippen LogP contribution in [0.3, 0.4) is 0 Å². The van der Waals surface area contributed by atoms with Crippen molar-refractivity contribution in [2.75, 3.05) is 13.2 Å². The topological polar surface area (TPSA) is 106 Å². The lowest BCUT2D eigenvalue weighted by Gasteiger charge is -2.19. The molecule has 1 aromatic carbocycles. The van der Waals surface area contributed by atoms with Crippen molar-refractivity contribution < 1.29 is 19.4 Å². The van der Waals surface area contributed by atoms with Crippen LogP contribution in [0.1, 0.15) is 36.8 Å². The third-order valence-corrected chi connectivity index (χ3v) is 3.46. The van der Waals surface area contributed by atoms with Crippen molar-refractivity contribution in [3.63, 3.8) is 0 Å². The third kappa shape index (κ3) is 5.59. The van der Waals surface area contributed by atoms with E-state index in [1.54, 1.807) is 0 Å². The highest BCUT2D eigenvalue weighted by Crippen LogP contribution is 2.25. The van der Waals surface area contributed by atoms with E-state index in [-0.39, 0.29) is 23.6 Å². The number of nitrogens with zero attached hydrogens (tertiary/aromatic N) is 3. The summed E-state index contributed by atoms with van der Waals surface area (Å²) in [5, 5.41) is 18.5. The second-order valence-corrected chi connectivity index (χ2v) is 6.58. The Labute approximate surface area is 145 Å². The normalized spacial score (nSPS) is 11.2. The number of benzene rings is 1. The average molecular weight is 346 g/mol. The summed E-state index contributed by atoms with van der Waals surface area (Å²) in [6, 6.07) is 7.86. The molecule has 8 nitrogen and oxygen atoms in total. The number of aromatic nitrogens is 3. The van der Waals surface area contributed by atoms with Crippen LogP contribution in [-0.2, 0) is 16.8 Å². The molecular weight excluding hydrogens is 324 g/mol. The number of nitrogens with one attached hydrogen (secondary N) is 1. The van der Waals surface area contributed by atoms with Crippen LogP contribution in [0.4, 0.5) is 0 Å². The number of aromatic carboxylic acids is 1. The van der Waals surface area contributed by atoms with E-state index in [1.165, 1.54) is 16.4 Å². The van der Waals surface area contributed by atoms with Crippen molar-refractivity contribution in [3.05, 3.63) is 41.7 Å². The summed E-state index contributed by atoms with van der Waals surface area (Å²) < 4.78 is 6.82. The highest BCUT2D eigenvalue weighted by atomic mass is 16.5. The molecule has 8 heteroatoms. The highest BCUT2D eigenvalue weighted by molar-refractivity contribution is 5.84. The molecule has 25 heavy (non-hydrogen) atoms. The molecule has 0 radical (unpaired) electrons. The molecule has 0 aliphatic rings. The van der Waals surface area contributed by atoms with Crippen molar-refractivity contribution in [1.82, 2.24) is 20.3 Å². The Bertz CT molecular complexity index is 749. The number of carbonyl (C=O) groups excluding carboxylic acids is 1. The molecule has 1 amide bonds. The minimum atomic E-state index is -1.18. The molecule has 0 bridgehead atoms. The quantitative estimate of drug-likeness (QED) is 0.735. The molecule has 0 spiro atoms. The molecule has 0 aliphatic carbocycles. The number of rotatable bonds is 7. The Balaban J connectivity index is 1.75. The molecule has 2 rings (SSSR count). The van der Waals surface area contributed by atoms with Crippen molar-refractivity contribution in [2.24, 2.45) is 0 Å². The summed E-state index contributed by atoms with van der Waals surface area (Å²) in [5.74, 6) is -0.726. The van der Waals surface area contributed by atoms with Gasteiger partial charge in [0.15, 0.2) is 5.69 Å². The fourth-order valence-electron chi connectivity index (χ4n) is 2.09. The van der Waals surface area contributed by atoms with Gasteiger partial charge in [0.05, 0.1) is 12.7 Å². The lowest BCUT2D eigenvalue weighted by Crippen LogP contribution is -2.31. The number of hydrogen-bond acceptors (Lipinski definition) is 5. The largest absolute Gasteiger partial charge is 0.492 e. The van der Waals surface area contributed by atoms with Gasteiger partial charge in [0, 0.05) is 0 Å². The van der Waals surface area contributed by atoms with E-state index in [4.69, 9.17) is 9.84 Å². The van der Waals surface area contributed by atoms with Gasteiger partial charge in [0.1, 0.15) is 18.9 Å². The summed E-state index contributed by atoms with van der Waals surface area (Å²) in [4.78, 5) is 22.5. The number of carboxylic acids is 1. The van der Waals surface area contributed by atoms with Crippen molar-refractivity contribution in [2.45, 2.75) is 32.7 Å². The van der Waals surface area contributed by atoms with Crippen LogP contribution in [0.5, 0.6) is 5.75 Å². The molecule has 0 saturated heterocycles. The first-order valence-electron chi connectivity index (χ1n) is 7.89. The fraction of sp³-hybridized carbons (Fsp3) is 0.412. The van der Waals surface area contributed by atoms with Crippen molar-refractivity contribution in [1.29, 1.82) is 0 Å². The number of ether oxygens (including phenoxy) is 1. The monoisotopic (exact) mass is 346 g/mol. The zero-order valence-corrected chi connectivity index (χ0v) is 14.5. The molecule has 0 unspecified atom stereocenters. The molecule has 0 fully saturated rings. The van der Waals surface area contributed by atoms with Crippen molar-refractivity contribution >= 4 is 11.9 Å². The molecule has 2 aromatic rings. The van der Waals surface area contributed by atoms with Gasteiger partial charge >= 0.3 is 5.97 Å². The van der Waals surface area contributed by atoms with Gasteiger partial charge in [0.2, 0.25) is 5.91 Å². The first-order valence-corrected chi connectivity index (χ1v) is 7.89. The predicted molar refractivity (Wildman–Crippen MR) is 90.6 cm³/mol. The number of carbonyl (C=O) groups is 2. The van der Waals surface area contributed by atoms with Crippen molar-refractivity contribution in [3.8, 4) is 5.75 Å². The zero-order valence-electron chi connectivity index (χ0n) is 14.5. The van der Waals surface area contributed by atoms with Crippen LogP contribution in [-0.4, -0.2) is 45.1 Å². The fourth-order valence-corrected chi connectivity index (χ4v) is 2.09. The molecule has 0 aliphatic heterocycles. The Morgan fingerprint density at radius 2 is 2.08 bits per heavy atom.